The van der Waals surface area contributed by atoms with E-state index in [1.165, 1.54) is 0 Å². The van der Waals surface area contributed by atoms with Crippen molar-refractivity contribution in [3.8, 4) is 5.75 Å². The van der Waals surface area contributed by atoms with E-state index in [9.17, 15) is 15.0 Å². The lowest BCUT2D eigenvalue weighted by Gasteiger charge is -2.53. The molecule has 136 valence electrons. The third kappa shape index (κ3) is 3.00. The number of fused-ring (bicyclic) bond motifs is 1. The minimum Gasteiger partial charge on any atom is -0.510 e. The smallest absolute Gasteiger partial charge is 0.255 e. The number of aliphatic hydroxyl groups is 2. The first-order valence-corrected chi connectivity index (χ1v) is 8.98. The van der Waals surface area contributed by atoms with Gasteiger partial charge in [-0.3, -0.25) is 4.79 Å². The van der Waals surface area contributed by atoms with Crippen LogP contribution in [0.25, 0.3) is 0 Å². The van der Waals surface area contributed by atoms with Gasteiger partial charge in [-0.05, 0) is 43.5 Å². The number of halogens is 1. The first-order valence-electron chi connectivity index (χ1n) is 8.54. The number of nitrogens with one attached hydrogen (secondary N) is 1. The second-order valence-corrected chi connectivity index (χ2v) is 7.71. The van der Waals surface area contributed by atoms with E-state index in [0.717, 1.165) is 19.3 Å². The zero-order chi connectivity index (χ0) is 18.2. The van der Waals surface area contributed by atoms with E-state index in [1.54, 1.807) is 31.4 Å². The van der Waals surface area contributed by atoms with Gasteiger partial charge in [0.15, 0.2) is 0 Å². The molecule has 1 fully saturated rings. The van der Waals surface area contributed by atoms with Crippen LogP contribution < -0.4 is 10.1 Å². The van der Waals surface area contributed by atoms with Gasteiger partial charge in [0.2, 0.25) is 0 Å². The zero-order valence-electron chi connectivity index (χ0n) is 14.5. The van der Waals surface area contributed by atoms with E-state index in [0.29, 0.717) is 24.3 Å². The van der Waals surface area contributed by atoms with E-state index in [4.69, 9.17) is 16.3 Å². The average molecular weight is 366 g/mol. The minimum absolute atomic E-state index is 0.213. The Morgan fingerprint density at radius 2 is 1.92 bits per heavy atom. The van der Waals surface area contributed by atoms with Crippen LogP contribution in [-0.4, -0.2) is 34.2 Å². The quantitative estimate of drug-likeness (QED) is 0.712. The van der Waals surface area contributed by atoms with Gasteiger partial charge in [-0.25, -0.2) is 0 Å². The van der Waals surface area contributed by atoms with Crippen LogP contribution in [0.1, 0.15) is 39.0 Å². The van der Waals surface area contributed by atoms with E-state index < -0.39 is 16.4 Å². The van der Waals surface area contributed by atoms with Crippen LogP contribution in [0.5, 0.6) is 5.75 Å². The van der Waals surface area contributed by atoms with Crippen molar-refractivity contribution in [1.82, 2.24) is 0 Å². The first-order chi connectivity index (χ1) is 11.8. The van der Waals surface area contributed by atoms with E-state index in [-0.39, 0.29) is 17.2 Å². The second-order valence-electron chi connectivity index (χ2n) is 7.28. The predicted octanol–water partition coefficient (Wildman–Crippen LogP) is 3.77. The highest BCUT2D eigenvalue weighted by Gasteiger charge is 2.58. The van der Waals surface area contributed by atoms with Crippen molar-refractivity contribution in [2.24, 2.45) is 5.41 Å². The van der Waals surface area contributed by atoms with Gasteiger partial charge in [0.1, 0.15) is 16.9 Å². The summed E-state index contributed by atoms with van der Waals surface area (Å²) >= 11 is 6.40. The zero-order valence-corrected chi connectivity index (χ0v) is 15.3. The van der Waals surface area contributed by atoms with Gasteiger partial charge in [-0.2, -0.15) is 0 Å². The molecule has 0 spiro atoms. The molecule has 0 unspecified atom stereocenters. The molecule has 3 N–H and O–H groups in total. The van der Waals surface area contributed by atoms with E-state index in [1.807, 2.05) is 6.92 Å². The maximum absolute atomic E-state index is 12.7. The van der Waals surface area contributed by atoms with Crippen molar-refractivity contribution >= 4 is 23.2 Å². The topological polar surface area (TPSA) is 78.8 Å². The fraction of sp³-hybridized carbons (Fsp3) is 0.526. The summed E-state index contributed by atoms with van der Waals surface area (Å²) in [6.45, 7) is 1.95. The standard InChI is InChI=1S/C19H24ClNO4/c1-18-9-3-4-10-19(18,24)16(20)15(22)14(11-18)17(23)21-12-5-7-13(25-2)8-6-12/h5-8,16,22,24H,3-4,9-11H2,1-2H3,(H,21,23)/t16-,18-,19+/m0/s1. The molecular weight excluding hydrogens is 342 g/mol. The number of carbonyl (C=O) groups excluding carboxylic acids is 1. The third-order valence-electron chi connectivity index (χ3n) is 5.74. The molecule has 1 aromatic carbocycles. The second kappa shape index (κ2) is 6.54. The molecule has 0 aliphatic heterocycles. The lowest BCUT2D eigenvalue weighted by Crippen LogP contribution is -2.58. The maximum atomic E-state index is 12.7. The lowest BCUT2D eigenvalue weighted by atomic mass is 9.57. The summed E-state index contributed by atoms with van der Waals surface area (Å²) in [4.78, 5) is 12.7. The number of rotatable bonds is 3. The summed E-state index contributed by atoms with van der Waals surface area (Å²) in [5.41, 5.74) is -0.839. The van der Waals surface area contributed by atoms with Crippen LogP contribution in [0.15, 0.2) is 35.6 Å². The Balaban J connectivity index is 1.86. The van der Waals surface area contributed by atoms with Crippen molar-refractivity contribution in [1.29, 1.82) is 0 Å². The SMILES string of the molecule is COc1ccc(NC(=O)C2=C(O)[C@H](Cl)[C@]3(O)CCCC[C@@]3(C)C2)cc1. The summed E-state index contributed by atoms with van der Waals surface area (Å²) in [6, 6.07) is 6.95. The van der Waals surface area contributed by atoms with Crippen LogP contribution >= 0.6 is 11.6 Å². The Labute approximate surface area is 152 Å². The Bertz CT molecular complexity index is 702. The largest absolute Gasteiger partial charge is 0.510 e. The highest BCUT2D eigenvalue weighted by Crippen LogP contribution is 2.55. The van der Waals surface area contributed by atoms with Gasteiger partial charge in [-0.1, -0.05) is 19.8 Å². The Hall–Kier alpha value is -1.72. The van der Waals surface area contributed by atoms with Crippen LogP contribution in [-0.2, 0) is 4.79 Å². The average Bonchev–Trinajstić information content (AvgIpc) is 2.61. The molecule has 1 amide bonds. The number of anilines is 1. The molecule has 0 saturated heterocycles. The lowest BCUT2D eigenvalue weighted by molar-refractivity contribution is -0.124. The molecule has 2 aliphatic rings. The fourth-order valence-electron chi connectivity index (χ4n) is 4.04. The van der Waals surface area contributed by atoms with Crippen LogP contribution in [0.3, 0.4) is 0 Å². The first kappa shape index (κ1) is 18.1. The Kier molecular flexibility index (Phi) is 4.73. The fourth-order valence-corrected chi connectivity index (χ4v) is 4.54. The molecule has 5 nitrogen and oxygen atoms in total. The number of aliphatic hydroxyl groups excluding tert-OH is 1. The molecule has 1 saturated carbocycles. The van der Waals surface area contributed by atoms with Gasteiger partial charge in [0.05, 0.1) is 18.3 Å². The highest BCUT2D eigenvalue weighted by atomic mass is 35.5. The summed E-state index contributed by atoms with van der Waals surface area (Å²) < 4.78 is 5.10. The summed E-state index contributed by atoms with van der Waals surface area (Å²) in [7, 11) is 1.57. The van der Waals surface area contributed by atoms with Crippen molar-refractivity contribution in [2.75, 3.05) is 12.4 Å². The van der Waals surface area contributed by atoms with Crippen molar-refractivity contribution < 1.29 is 19.7 Å². The molecule has 25 heavy (non-hydrogen) atoms. The number of hydrogen-bond donors (Lipinski definition) is 3. The van der Waals surface area contributed by atoms with Crippen molar-refractivity contribution in [3.63, 3.8) is 0 Å². The predicted molar refractivity (Wildman–Crippen MR) is 97.1 cm³/mol. The summed E-state index contributed by atoms with van der Waals surface area (Å²) in [5, 5.41) is 23.4. The monoisotopic (exact) mass is 365 g/mol. The number of benzene rings is 1. The Morgan fingerprint density at radius 1 is 1.28 bits per heavy atom. The summed E-state index contributed by atoms with van der Waals surface area (Å²) in [5.74, 6) is 0.0926. The molecular formula is C19H24ClNO4. The number of alkyl halides is 1. The highest BCUT2D eigenvalue weighted by molar-refractivity contribution is 6.24. The number of hydrogen-bond acceptors (Lipinski definition) is 4. The molecule has 0 heterocycles. The van der Waals surface area contributed by atoms with Crippen LogP contribution in [0, 0.1) is 5.41 Å². The molecule has 0 radical (unpaired) electrons. The van der Waals surface area contributed by atoms with Crippen LogP contribution in [0.2, 0.25) is 0 Å². The third-order valence-corrected chi connectivity index (χ3v) is 6.31. The molecule has 2 aliphatic carbocycles. The van der Waals surface area contributed by atoms with E-state index in [2.05, 4.69) is 5.32 Å². The normalized spacial score (nSPS) is 32.1. The van der Waals surface area contributed by atoms with Gasteiger partial charge >= 0.3 is 0 Å². The minimum atomic E-state index is -1.18. The number of carbonyl (C=O) groups is 1. The molecule has 0 bridgehead atoms. The Morgan fingerprint density at radius 3 is 2.56 bits per heavy atom. The number of amides is 1. The van der Waals surface area contributed by atoms with Crippen molar-refractivity contribution in [2.45, 2.75) is 50.0 Å². The van der Waals surface area contributed by atoms with Crippen molar-refractivity contribution in [3.05, 3.63) is 35.6 Å². The number of methoxy groups -OCH3 is 1. The van der Waals surface area contributed by atoms with Gasteiger partial charge in [0.25, 0.3) is 5.91 Å². The summed E-state index contributed by atoms with van der Waals surface area (Å²) in [6.07, 6.45) is 3.47. The van der Waals surface area contributed by atoms with Crippen LogP contribution in [0.4, 0.5) is 5.69 Å². The van der Waals surface area contributed by atoms with Gasteiger partial charge in [-0.15, -0.1) is 11.6 Å². The number of ether oxygens (including phenoxy) is 1. The molecule has 3 atom stereocenters. The maximum Gasteiger partial charge on any atom is 0.255 e. The van der Waals surface area contributed by atoms with Gasteiger partial charge < -0.3 is 20.3 Å². The van der Waals surface area contributed by atoms with Gasteiger partial charge in [0, 0.05) is 11.1 Å². The molecule has 0 aromatic heterocycles. The molecule has 1 aromatic rings. The molecule has 6 heteroatoms. The van der Waals surface area contributed by atoms with E-state index >= 15 is 0 Å². The molecule has 3 rings (SSSR count).